The van der Waals surface area contributed by atoms with Crippen LogP contribution in [0.2, 0.25) is 0 Å². The van der Waals surface area contributed by atoms with E-state index in [9.17, 15) is 0 Å². The van der Waals surface area contributed by atoms with Crippen molar-refractivity contribution in [2.45, 2.75) is 38.3 Å². The summed E-state index contributed by atoms with van der Waals surface area (Å²) in [6, 6.07) is 4.04. The first-order valence-corrected chi connectivity index (χ1v) is 5.75. The molecule has 1 aromatic heterocycles. The van der Waals surface area contributed by atoms with Crippen molar-refractivity contribution in [3.63, 3.8) is 0 Å². The molecule has 1 N–H and O–H groups in total. The molecule has 0 atom stereocenters. The van der Waals surface area contributed by atoms with E-state index < -0.39 is 0 Å². The Labute approximate surface area is 92.2 Å². The lowest BCUT2D eigenvalue weighted by molar-refractivity contribution is 0.201. The fourth-order valence-electron chi connectivity index (χ4n) is 1.63. The number of halogens is 1. The molecule has 3 heteroatoms. The average molecular weight is 291 g/mol. The van der Waals surface area contributed by atoms with Crippen LogP contribution in [-0.4, -0.2) is 5.54 Å². The maximum atomic E-state index is 5.47. The third-order valence-corrected chi connectivity index (χ3v) is 3.36. The van der Waals surface area contributed by atoms with Gasteiger partial charge in [0.1, 0.15) is 5.76 Å². The molecule has 0 aliphatic heterocycles. The summed E-state index contributed by atoms with van der Waals surface area (Å²) < 4.78 is 6.44. The molecule has 0 saturated heterocycles. The largest absolute Gasteiger partial charge is 0.454 e. The van der Waals surface area contributed by atoms with Crippen molar-refractivity contribution in [2.24, 2.45) is 0 Å². The highest BCUT2D eigenvalue weighted by atomic mass is 127. The number of rotatable bonds is 3. The first kappa shape index (κ1) is 9.52. The second kappa shape index (κ2) is 3.61. The molecule has 1 fully saturated rings. The van der Waals surface area contributed by atoms with Crippen molar-refractivity contribution in [3.05, 3.63) is 21.7 Å². The van der Waals surface area contributed by atoms with Gasteiger partial charge in [-0.2, -0.15) is 0 Å². The Hall–Kier alpha value is -0.0300. The highest BCUT2D eigenvalue weighted by molar-refractivity contribution is 14.1. The Bertz CT molecular complexity index is 291. The Morgan fingerprint density at radius 2 is 2.31 bits per heavy atom. The predicted octanol–water partition coefficient (Wildman–Crippen LogP) is 2.92. The monoisotopic (exact) mass is 291 g/mol. The van der Waals surface area contributed by atoms with Gasteiger partial charge in [-0.05, 0) is 60.9 Å². The van der Waals surface area contributed by atoms with Crippen LogP contribution in [0.1, 0.15) is 31.9 Å². The second-order valence-corrected chi connectivity index (χ2v) is 5.04. The van der Waals surface area contributed by atoms with Crippen LogP contribution in [0, 0.1) is 3.77 Å². The number of hydrogen-bond donors (Lipinski definition) is 1. The summed E-state index contributed by atoms with van der Waals surface area (Å²) in [4.78, 5) is 0. The maximum absolute atomic E-state index is 5.47. The molecule has 72 valence electrons. The highest BCUT2D eigenvalue weighted by Crippen LogP contribution is 2.31. The molecule has 0 unspecified atom stereocenters. The summed E-state index contributed by atoms with van der Waals surface area (Å²) in [5.74, 6) is 1.04. The lowest BCUT2D eigenvalue weighted by Gasteiger charge is -2.39. The SMILES string of the molecule is CC1(NCc2ccc(I)o2)CCC1. The third kappa shape index (κ3) is 2.26. The fourth-order valence-corrected chi connectivity index (χ4v) is 2.09. The first-order chi connectivity index (χ1) is 6.18. The van der Waals surface area contributed by atoms with E-state index in [2.05, 4.69) is 34.8 Å². The molecule has 2 rings (SSSR count). The molecule has 0 radical (unpaired) electrons. The fraction of sp³-hybridized carbons (Fsp3) is 0.600. The van der Waals surface area contributed by atoms with Gasteiger partial charge >= 0.3 is 0 Å². The minimum absolute atomic E-state index is 0.373. The molecule has 0 spiro atoms. The molecule has 1 aliphatic rings. The molecule has 1 aliphatic carbocycles. The van der Waals surface area contributed by atoms with Crippen LogP contribution < -0.4 is 5.32 Å². The van der Waals surface area contributed by atoms with E-state index >= 15 is 0 Å². The number of furan rings is 1. The predicted molar refractivity (Wildman–Crippen MR) is 60.5 cm³/mol. The van der Waals surface area contributed by atoms with Gasteiger partial charge in [0.2, 0.25) is 0 Å². The molecule has 1 heterocycles. The molecule has 13 heavy (non-hydrogen) atoms. The van der Waals surface area contributed by atoms with Crippen molar-refractivity contribution < 1.29 is 4.42 Å². The molecule has 1 aromatic rings. The van der Waals surface area contributed by atoms with Crippen molar-refractivity contribution in [2.75, 3.05) is 0 Å². The van der Waals surface area contributed by atoms with Gasteiger partial charge in [0.15, 0.2) is 3.77 Å². The van der Waals surface area contributed by atoms with Crippen molar-refractivity contribution in [3.8, 4) is 0 Å². The first-order valence-electron chi connectivity index (χ1n) is 4.67. The molecule has 1 saturated carbocycles. The Morgan fingerprint density at radius 3 is 2.77 bits per heavy atom. The quantitative estimate of drug-likeness (QED) is 0.866. The van der Waals surface area contributed by atoms with E-state index in [4.69, 9.17) is 4.42 Å². The van der Waals surface area contributed by atoms with Crippen LogP contribution >= 0.6 is 22.6 Å². The van der Waals surface area contributed by atoms with Gasteiger partial charge in [-0.25, -0.2) is 0 Å². The van der Waals surface area contributed by atoms with E-state index in [1.54, 1.807) is 0 Å². The molecule has 2 nitrogen and oxygen atoms in total. The van der Waals surface area contributed by atoms with Crippen LogP contribution in [0.5, 0.6) is 0 Å². The van der Waals surface area contributed by atoms with E-state index in [1.807, 2.05) is 12.1 Å². The normalized spacial score (nSPS) is 19.8. The summed E-state index contributed by atoms with van der Waals surface area (Å²) in [6.45, 7) is 3.14. The van der Waals surface area contributed by atoms with Gasteiger partial charge in [-0.15, -0.1) is 0 Å². The van der Waals surface area contributed by atoms with E-state index in [1.165, 1.54) is 19.3 Å². The van der Waals surface area contributed by atoms with E-state index in [0.717, 1.165) is 16.1 Å². The summed E-state index contributed by atoms with van der Waals surface area (Å²) in [5.41, 5.74) is 0.373. The summed E-state index contributed by atoms with van der Waals surface area (Å²) in [7, 11) is 0. The average Bonchev–Trinajstić information content (AvgIpc) is 2.44. The van der Waals surface area contributed by atoms with Gasteiger partial charge in [0.05, 0.1) is 6.54 Å². The van der Waals surface area contributed by atoms with Crippen LogP contribution in [0.3, 0.4) is 0 Å². The van der Waals surface area contributed by atoms with Crippen LogP contribution in [-0.2, 0) is 6.54 Å². The Balaban J connectivity index is 1.85. The molecule has 0 amide bonds. The summed E-state index contributed by atoms with van der Waals surface area (Å²) in [6.07, 6.45) is 3.95. The standard InChI is InChI=1S/C10H14INO/c1-10(5-2-6-10)12-7-8-3-4-9(11)13-8/h3-4,12H,2,5-7H2,1H3. The molecule has 0 aromatic carbocycles. The molecule has 0 bridgehead atoms. The number of hydrogen-bond acceptors (Lipinski definition) is 2. The number of nitrogens with one attached hydrogen (secondary N) is 1. The lowest BCUT2D eigenvalue weighted by Crippen LogP contribution is -2.47. The van der Waals surface area contributed by atoms with E-state index in [-0.39, 0.29) is 0 Å². The van der Waals surface area contributed by atoms with Crippen LogP contribution in [0.4, 0.5) is 0 Å². The lowest BCUT2D eigenvalue weighted by atomic mass is 9.78. The van der Waals surface area contributed by atoms with Gasteiger partial charge < -0.3 is 9.73 Å². The summed E-state index contributed by atoms with van der Waals surface area (Å²) >= 11 is 2.19. The Morgan fingerprint density at radius 1 is 1.54 bits per heavy atom. The minimum atomic E-state index is 0.373. The second-order valence-electron chi connectivity index (χ2n) is 3.97. The van der Waals surface area contributed by atoms with Gasteiger partial charge in [0.25, 0.3) is 0 Å². The van der Waals surface area contributed by atoms with Crippen LogP contribution in [0.15, 0.2) is 16.5 Å². The smallest absolute Gasteiger partial charge is 0.164 e. The maximum Gasteiger partial charge on any atom is 0.164 e. The Kier molecular flexibility index (Phi) is 2.65. The molecular formula is C10H14INO. The van der Waals surface area contributed by atoms with Crippen molar-refractivity contribution in [1.82, 2.24) is 5.32 Å². The van der Waals surface area contributed by atoms with Crippen molar-refractivity contribution in [1.29, 1.82) is 0 Å². The zero-order valence-corrected chi connectivity index (χ0v) is 9.93. The van der Waals surface area contributed by atoms with E-state index in [0.29, 0.717) is 5.54 Å². The minimum Gasteiger partial charge on any atom is -0.454 e. The van der Waals surface area contributed by atoms with Gasteiger partial charge in [0, 0.05) is 5.54 Å². The van der Waals surface area contributed by atoms with Crippen LogP contribution in [0.25, 0.3) is 0 Å². The topological polar surface area (TPSA) is 25.2 Å². The third-order valence-electron chi connectivity index (χ3n) is 2.78. The highest BCUT2D eigenvalue weighted by Gasteiger charge is 2.30. The van der Waals surface area contributed by atoms with Crippen molar-refractivity contribution >= 4 is 22.6 Å². The zero-order chi connectivity index (χ0) is 9.31. The van der Waals surface area contributed by atoms with Gasteiger partial charge in [-0.3, -0.25) is 0 Å². The zero-order valence-electron chi connectivity index (χ0n) is 7.77. The summed E-state index contributed by atoms with van der Waals surface area (Å²) in [5, 5.41) is 3.53. The molecular weight excluding hydrogens is 277 g/mol. The van der Waals surface area contributed by atoms with Gasteiger partial charge in [-0.1, -0.05) is 0 Å².